The molecule has 3 aliphatic rings. The van der Waals surface area contributed by atoms with E-state index in [0.29, 0.717) is 12.3 Å². The van der Waals surface area contributed by atoms with Crippen molar-refractivity contribution in [1.29, 1.82) is 0 Å². The van der Waals surface area contributed by atoms with Gasteiger partial charge in [0.15, 0.2) is 0 Å². The van der Waals surface area contributed by atoms with E-state index in [9.17, 15) is 15.0 Å². The molecule has 3 heteroatoms. The van der Waals surface area contributed by atoms with Crippen molar-refractivity contribution in [1.82, 2.24) is 0 Å². The third kappa shape index (κ3) is 3.48. The van der Waals surface area contributed by atoms with Crippen LogP contribution in [0.15, 0.2) is 35.5 Å². The number of allylic oxidation sites excluding steroid dienone is 4. The van der Waals surface area contributed by atoms with E-state index in [-0.39, 0.29) is 23.4 Å². The highest BCUT2D eigenvalue weighted by Gasteiger charge is 2.51. The van der Waals surface area contributed by atoms with Crippen molar-refractivity contribution >= 4 is 5.97 Å². The van der Waals surface area contributed by atoms with Crippen LogP contribution >= 0.6 is 0 Å². The average molecular weight is 344 g/mol. The van der Waals surface area contributed by atoms with Gasteiger partial charge in [0.05, 0.1) is 12.0 Å². The topological polar surface area (TPSA) is 57.5 Å². The van der Waals surface area contributed by atoms with Gasteiger partial charge in [0.1, 0.15) is 0 Å². The second kappa shape index (κ2) is 7.11. The average Bonchev–Trinajstić information content (AvgIpc) is 2.92. The molecule has 0 aromatic carbocycles. The molecule has 0 saturated heterocycles. The van der Waals surface area contributed by atoms with Crippen molar-refractivity contribution in [2.45, 2.75) is 71.3 Å². The minimum absolute atomic E-state index is 0.115. The first-order valence-electron chi connectivity index (χ1n) is 9.81. The predicted molar refractivity (Wildman–Crippen MR) is 100 cm³/mol. The molecule has 3 saturated carbocycles. The molecule has 0 aromatic heterocycles. The normalized spacial score (nSPS) is 40.3. The van der Waals surface area contributed by atoms with Crippen LogP contribution in [0.1, 0.15) is 65.2 Å². The standard InChI is InChI=1S/C22H32O3/c1-14-6-9-18(23)13-17(14)8-7-16-5-4-12-22(3)19(10-11-20(16)22)15(2)21(24)25/h7-8,15,18-20,23H,1,4-6,9-13H2,2-3H3,(H,24,25)/b16-7+,17-8-/t15-,18-,19?,20?,22+/m0/s1. The van der Waals surface area contributed by atoms with E-state index in [1.165, 1.54) is 11.1 Å². The number of aliphatic carboxylic acids is 1. The van der Waals surface area contributed by atoms with Gasteiger partial charge in [-0.15, -0.1) is 0 Å². The predicted octanol–water partition coefficient (Wildman–Crippen LogP) is 4.88. The number of hydrogen-bond acceptors (Lipinski definition) is 2. The summed E-state index contributed by atoms with van der Waals surface area (Å²) in [6.45, 7) is 8.36. The van der Waals surface area contributed by atoms with Gasteiger partial charge in [-0.1, -0.05) is 43.7 Å². The zero-order valence-corrected chi connectivity index (χ0v) is 15.6. The number of hydrogen-bond donors (Lipinski definition) is 2. The molecular weight excluding hydrogens is 312 g/mol. The number of aliphatic hydroxyl groups is 1. The van der Waals surface area contributed by atoms with Crippen molar-refractivity contribution in [3.8, 4) is 0 Å². The lowest BCUT2D eigenvalue weighted by atomic mass is 9.61. The highest BCUT2D eigenvalue weighted by atomic mass is 16.4. The zero-order chi connectivity index (χ0) is 18.2. The van der Waals surface area contributed by atoms with Crippen molar-refractivity contribution in [2.24, 2.45) is 23.2 Å². The van der Waals surface area contributed by atoms with Gasteiger partial charge in [0, 0.05) is 0 Å². The molecular formula is C22H32O3. The summed E-state index contributed by atoms with van der Waals surface area (Å²) < 4.78 is 0. The van der Waals surface area contributed by atoms with Gasteiger partial charge in [-0.3, -0.25) is 4.79 Å². The Labute approximate surface area is 151 Å². The number of carboxylic acids is 1. The fourth-order valence-electron chi connectivity index (χ4n) is 5.67. The van der Waals surface area contributed by atoms with Crippen LogP contribution in [0.3, 0.4) is 0 Å². The molecule has 0 amide bonds. The van der Waals surface area contributed by atoms with Gasteiger partial charge in [-0.05, 0) is 74.2 Å². The molecule has 3 nitrogen and oxygen atoms in total. The van der Waals surface area contributed by atoms with E-state index in [2.05, 4.69) is 25.7 Å². The van der Waals surface area contributed by atoms with Crippen LogP contribution in [0.4, 0.5) is 0 Å². The lowest BCUT2D eigenvalue weighted by molar-refractivity contribution is -0.144. The van der Waals surface area contributed by atoms with Crippen molar-refractivity contribution in [2.75, 3.05) is 0 Å². The summed E-state index contributed by atoms with van der Waals surface area (Å²) in [6, 6.07) is 0. The Balaban J connectivity index is 1.82. The lowest BCUT2D eigenvalue weighted by Gasteiger charge is -2.43. The fourth-order valence-corrected chi connectivity index (χ4v) is 5.67. The third-order valence-electron chi connectivity index (χ3n) is 7.22. The molecule has 2 N–H and O–H groups in total. The summed E-state index contributed by atoms with van der Waals surface area (Å²) in [4.78, 5) is 11.5. The number of aliphatic hydroxyl groups excluding tert-OH is 1. The summed E-state index contributed by atoms with van der Waals surface area (Å²) >= 11 is 0. The summed E-state index contributed by atoms with van der Waals surface area (Å²) in [7, 11) is 0. The molecule has 3 rings (SSSR count). The molecule has 2 unspecified atom stereocenters. The summed E-state index contributed by atoms with van der Waals surface area (Å²) in [6.07, 6.45) is 12.2. The molecule has 0 aliphatic heterocycles. The number of rotatable bonds is 3. The first-order chi connectivity index (χ1) is 11.8. The van der Waals surface area contributed by atoms with E-state index in [4.69, 9.17) is 0 Å². The van der Waals surface area contributed by atoms with Gasteiger partial charge in [0.25, 0.3) is 0 Å². The maximum Gasteiger partial charge on any atom is 0.306 e. The van der Waals surface area contributed by atoms with E-state index in [1.54, 1.807) is 0 Å². The van der Waals surface area contributed by atoms with Gasteiger partial charge in [-0.2, -0.15) is 0 Å². The van der Waals surface area contributed by atoms with E-state index >= 15 is 0 Å². The quantitative estimate of drug-likeness (QED) is 0.767. The van der Waals surface area contributed by atoms with Crippen LogP contribution in [0.5, 0.6) is 0 Å². The van der Waals surface area contributed by atoms with Crippen LogP contribution in [-0.2, 0) is 4.79 Å². The molecule has 3 fully saturated rings. The van der Waals surface area contributed by atoms with E-state index in [0.717, 1.165) is 50.5 Å². The molecule has 5 atom stereocenters. The Morgan fingerprint density at radius 1 is 1.28 bits per heavy atom. The summed E-state index contributed by atoms with van der Waals surface area (Å²) in [5.74, 6) is -0.136. The van der Waals surface area contributed by atoms with Gasteiger partial charge < -0.3 is 10.2 Å². The van der Waals surface area contributed by atoms with Gasteiger partial charge >= 0.3 is 5.97 Å². The molecule has 0 bridgehead atoms. The van der Waals surface area contributed by atoms with Crippen molar-refractivity contribution in [3.05, 3.63) is 35.5 Å². The Morgan fingerprint density at radius 3 is 2.76 bits per heavy atom. The lowest BCUT2D eigenvalue weighted by Crippen LogP contribution is -2.38. The van der Waals surface area contributed by atoms with Gasteiger partial charge in [-0.25, -0.2) is 0 Å². The monoisotopic (exact) mass is 344 g/mol. The summed E-state index contributed by atoms with van der Waals surface area (Å²) in [5.41, 5.74) is 3.94. The Morgan fingerprint density at radius 2 is 2.04 bits per heavy atom. The van der Waals surface area contributed by atoms with Crippen molar-refractivity contribution < 1.29 is 15.0 Å². The molecule has 0 aromatic rings. The van der Waals surface area contributed by atoms with Crippen LogP contribution in [0.25, 0.3) is 0 Å². The Kier molecular flexibility index (Phi) is 5.24. The molecule has 25 heavy (non-hydrogen) atoms. The first-order valence-corrected chi connectivity index (χ1v) is 9.81. The summed E-state index contributed by atoms with van der Waals surface area (Å²) in [5, 5.41) is 19.4. The second-order valence-corrected chi connectivity index (χ2v) is 8.66. The Hall–Kier alpha value is -1.35. The highest BCUT2D eigenvalue weighted by Crippen LogP contribution is 2.59. The van der Waals surface area contributed by atoms with Crippen LogP contribution in [-0.4, -0.2) is 22.3 Å². The molecule has 0 heterocycles. The number of carbonyl (C=O) groups is 1. The van der Waals surface area contributed by atoms with Crippen LogP contribution in [0.2, 0.25) is 0 Å². The SMILES string of the molecule is C=C1CC[C@H](O)C/C1=C/C=C1\CCC[C@@]2(C)C1CCC2[C@H](C)C(=O)O. The second-order valence-electron chi connectivity index (χ2n) is 8.66. The first kappa shape index (κ1) is 18.4. The maximum atomic E-state index is 11.5. The number of fused-ring (bicyclic) bond motifs is 1. The zero-order valence-electron chi connectivity index (χ0n) is 15.6. The van der Waals surface area contributed by atoms with E-state index < -0.39 is 5.97 Å². The third-order valence-corrected chi connectivity index (χ3v) is 7.22. The molecule has 0 spiro atoms. The van der Waals surface area contributed by atoms with Gasteiger partial charge in [0.2, 0.25) is 0 Å². The van der Waals surface area contributed by atoms with E-state index in [1.807, 2.05) is 6.92 Å². The number of carboxylic acid groups (broad SMARTS) is 1. The highest BCUT2D eigenvalue weighted by molar-refractivity contribution is 5.70. The molecule has 0 radical (unpaired) electrons. The van der Waals surface area contributed by atoms with Crippen LogP contribution < -0.4 is 0 Å². The Bertz CT molecular complexity index is 615. The minimum Gasteiger partial charge on any atom is -0.481 e. The molecule has 3 aliphatic carbocycles. The maximum absolute atomic E-state index is 11.5. The smallest absolute Gasteiger partial charge is 0.306 e. The largest absolute Gasteiger partial charge is 0.481 e. The minimum atomic E-state index is -0.655. The van der Waals surface area contributed by atoms with Crippen LogP contribution in [0, 0.1) is 23.2 Å². The molecule has 138 valence electrons. The fraction of sp³-hybridized carbons (Fsp3) is 0.682. The van der Waals surface area contributed by atoms with Crippen molar-refractivity contribution in [3.63, 3.8) is 0 Å².